The third kappa shape index (κ3) is 3.59. The Balaban J connectivity index is 1.60. The van der Waals surface area contributed by atoms with Gasteiger partial charge >= 0.3 is 6.18 Å². The number of benzene rings is 1. The Morgan fingerprint density at radius 1 is 1.07 bits per heavy atom. The molecule has 4 rings (SSSR count). The summed E-state index contributed by atoms with van der Waals surface area (Å²) in [6.45, 7) is 0.336. The van der Waals surface area contributed by atoms with Crippen molar-refractivity contribution >= 4 is 16.6 Å². The second-order valence-electron chi connectivity index (χ2n) is 5.92. The van der Waals surface area contributed by atoms with Crippen molar-refractivity contribution < 1.29 is 13.2 Å². The lowest BCUT2D eigenvalue weighted by Gasteiger charge is -2.13. The summed E-state index contributed by atoms with van der Waals surface area (Å²) in [4.78, 5) is 12.0. The van der Waals surface area contributed by atoms with Crippen molar-refractivity contribution in [2.45, 2.75) is 12.7 Å². The van der Waals surface area contributed by atoms with Crippen molar-refractivity contribution in [2.75, 3.05) is 5.32 Å². The van der Waals surface area contributed by atoms with Crippen molar-refractivity contribution in [2.24, 2.45) is 0 Å². The van der Waals surface area contributed by atoms with Crippen LogP contribution in [0, 0.1) is 0 Å². The number of para-hydroxylation sites is 1. The highest BCUT2D eigenvalue weighted by atomic mass is 19.4. The SMILES string of the molecule is FC(F)(F)c1cc(NCc2ccc(-n3ccnc3)nc2)c2ccccc2n1. The number of fused-ring (bicyclic) bond motifs is 1. The van der Waals surface area contributed by atoms with E-state index in [-0.39, 0.29) is 0 Å². The Kier molecular flexibility index (Phi) is 4.23. The average Bonchev–Trinajstić information content (AvgIpc) is 3.20. The number of aromatic nitrogens is 4. The third-order valence-corrected chi connectivity index (χ3v) is 4.07. The molecule has 0 unspecified atom stereocenters. The minimum atomic E-state index is -4.51. The number of anilines is 1. The molecule has 0 spiro atoms. The molecule has 1 aromatic carbocycles. The molecule has 4 aromatic rings. The van der Waals surface area contributed by atoms with Gasteiger partial charge in [0, 0.05) is 36.2 Å². The summed E-state index contributed by atoms with van der Waals surface area (Å²) in [7, 11) is 0. The van der Waals surface area contributed by atoms with Crippen LogP contribution in [-0.2, 0) is 12.7 Å². The van der Waals surface area contributed by atoms with Gasteiger partial charge in [-0.1, -0.05) is 24.3 Å². The highest BCUT2D eigenvalue weighted by molar-refractivity contribution is 5.91. The number of halogens is 3. The maximum Gasteiger partial charge on any atom is 0.433 e. The van der Waals surface area contributed by atoms with E-state index < -0.39 is 11.9 Å². The second-order valence-corrected chi connectivity index (χ2v) is 5.92. The van der Waals surface area contributed by atoms with Gasteiger partial charge in [0.25, 0.3) is 0 Å². The molecule has 1 N–H and O–H groups in total. The smallest absolute Gasteiger partial charge is 0.380 e. The molecule has 0 aliphatic carbocycles. The number of hydrogen-bond donors (Lipinski definition) is 1. The van der Waals surface area contributed by atoms with Gasteiger partial charge in [0.05, 0.1) is 5.52 Å². The van der Waals surface area contributed by atoms with Crippen LogP contribution in [0.2, 0.25) is 0 Å². The molecule has 27 heavy (non-hydrogen) atoms. The summed E-state index contributed by atoms with van der Waals surface area (Å²) in [5.41, 5.74) is 0.598. The maximum atomic E-state index is 13.1. The van der Waals surface area contributed by atoms with E-state index in [2.05, 4.69) is 20.3 Å². The lowest BCUT2D eigenvalue weighted by atomic mass is 10.1. The molecule has 0 aliphatic heterocycles. The van der Waals surface area contributed by atoms with Crippen LogP contribution in [0.5, 0.6) is 0 Å². The zero-order chi connectivity index (χ0) is 18.9. The molecule has 5 nitrogen and oxygen atoms in total. The molecule has 0 fully saturated rings. The van der Waals surface area contributed by atoms with Gasteiger partial charge in [-0.05, 0) is 23.8 Å². The summed E-state index contributed by atoms with van der Waals surface area (Å²) < 4.78 is 41.2. The quantitative estimate of drug-likeness (QED) is 0.578. The van der Waals surface area contributed by atoms with E-state index in [1.807, 2.05) is 12.1 Å². The summed E-state index contributed by atoms with van der Waals surface area (Å²) >= 11 is 0. The summed E-state index contributed by atoms with van der Waals surface area (Å²) in [6, 6.07) is 11.5. The Morgan fingerprint density at radius 3 is 2.63 bits per heavy atom. The van der Waals surface area contributed by atoms with Crippen LogP contribution in [-0.4, -0.2) is 19.5 Å². The van der Waals surface area contributed by atoms with E-state index in [0.717, 1.165) is 11.6 Å². The fourth-order valence-corrected chi connectivity index (χ4v) is 2.73. The van der Waals surface area contributed by atoms with E-state index in [1.54, 1.807) is 53.8 Å². The molecule has 136 valence electrons. The molecular formula is C19H14F3N5. The number of alkyl halides is 3. The van der Waals surface area contributed by atoms with Gasteiger partial charge in [-0.15, -0.1) is 0 Å². The molecule has 0 aliphatic rings. The highest BCUT2D eigenvalue weighted by Gasteiger charge is 2.33. The summed E-state index contributed by atoms with van der Waals surface area (Å²) in [6.07, 6.45) is 2.25. The van der Waals surface area contributed by atoms with Crippen molar-refractivity contribution in [1.29, 1.82) is 0 Å². The third-order valence-electron chi connectivity index (χ3n) is 4.07. The number of nitrogens with one attached hydrogen (secondary N) is 1. The normalized spacial score (nSPS) is 11.7. The van der Waals surface area contributed by atoms with Crippen LogP contribution in [0.25, 0.3) is 16.7 Å². The van der Waals surface area contributed by atoms with E-state index in [0.29, 0.717) is 29.0 Å². The van der Waals surface area contributed by atoms with E-state index in [4.69, 9.17) is 0 Å². The maximum absolute atomic E-state index is 13.1. The number of imidazole rings is 1. The second kappa shape index (κ2) is 6.71. The molecule has 0 radical (unpaired) electrons. The van der Waals surface area contributed by atoms with Crippen LogP contribution in [0.1, 0.15) is 11.3 Å². The average molecular weight is 369 g/mol. The van der Waals surface area contributed by atoms with Crippen molar-refractivity contribution in [3.63, 3.8) is 0 Å². The summed E-state index contributed by atoms with van der Waals surface area (Å²) in [5, 5.41) is 3.70. The number of hydrogen-bond acceptors (Lipinski definition) is 4. The molecular weight excluding hydrogens is 355 g/mol. The van der Waals surface area contributed by atoms with Gasteiger partial charge in [-0.2, -0.15) is 13.2 Å². The van der Waals surface area contributed by atoms with Crippen molar-refractivity contribution in [1.82, 2.24) is 19.5 Å². The van der Waals surface area contributed by atoms with Crippen LogP contribution in [0.15, 0.2) is 67.4 Å². The van der Waals surface area contributed by atoms with Gasteiger partial charge < -0.3 is 5.32 Å². The van der Waals surface area contributed by atoms with Gasteiger partial charge in [0.2, 0.25) is 0 Å². The Hall–Kier alpha value is -3.42. The van der Waals surface area contributed by atoms with Crippen LogP contribution >= 0.6 is 0 Å². The fourth-order valence-electron chi connectivity index (χ4n) is 2.73. The predicted molar refractivity (Wildman–Crippen MR) is 95.4 cm³/mol. The standard InChI is InChI=1S/C19H14F3N5/c20-19(21,22)17-9-16(14-3-1-2-4-15(14)26-17)24-10-13-5-6-18(25-11-13)27-8-7-23-12-27/h1-9,11-12H,10H2,(H,24,26). The van der Waals surface area contributed by atoms with E-state index in [1.165, 1.54) is 0 Å². The van der Waals surface area contributed by atoms with Crippen LogP contribution in [0.3, 0.4) is 0 Å². The first-order valence-corrected chi connectivity index (χ1v) is 8.15. The van der Waals surface area contributed by atoms with Crippen LogP contribution < -0.4 is 5.32 Å². The zero-order valence-corrected chi connectivity index (χ0v) is 14.0. The largest absolute Gasteiger partial charge is 0.433 e. The fraction of sp³-hybridized carbons (Fsp3) is 0.105. The number of pyridine rings is 2. The highest BCUT2D eigenvalue weighted by Crippen LogP contribution is 2.33. The van der Waals surface area contributed by atoms with Crippen molar-refractivity contribution in [3.8, 4) is 5.82 Å². The monoisotopic (exact) mass is 369 g/mol. The first kappa shape index (κ1) is 17.0. The number of nitrogens with zero attached hydrogens (tertiary/aromatic N) is 4. The first-order chi connectivity index (χ1) is 13.0. The molecule has 0 amide bonds. The van der Waals surface area contributed by atoms with E-state index >= 15 is 0 Å². The summed E-state index contributed by atoms with van der Waals surface area (Å²) in [5.74, 6) is 0.713. The van der Waals surface area contributed by atoms with Crippen molar-refractivity contribution in [3.05, 3.63) is 78.6 Å². The van der Waals surface area contributed by atoms with Gasteiger partial charge in [0.1, 0.15) is 17.8 Å². The lowest BCUT2D eigenvalue weighted by Crippen LogP contribution is -2.10. The minimum Gasteiger partial charge on any atom is -0.380 e. The Morgan fingerprint density at radius 2 is 1.93 bits per heavy atom. The molecule has 0 bridgehead atoms. The molecule has 3 heterocycles. The van der Waals surface area contributed by atoms with E-state index in [9.17, 15) is 13.2 Å². The van der Waals surface area contributed by atoms with Gasteiger partial charge in [-0.25, -0.2) is 15.0 Å². The Labute approximate surface area is 152 Å². The molecule has 0 atom stereocenters. The Bertz CT molecular complexity index is 1060. The molecule has 0 saturated heterocycles. The van der Waals surface area contributed by atoms with Crippen LogP contribution in [0.4, 0.5) is 18.9 Å². The number of rotatable bonds is 4. The molecule has 0 saturated carbocycles. The lowest BCUT2D eigenvalue weighted by molar-refractivity contribution is -0.140. The van der Waals surface area contributed by atoms with Gasteiger partial charge in [-0.3, -0.25) is 4.57 Å². The predicted octanol–water partition coefficient (Wildman–Crippen LogP) is 4.45. The minimum absolute atomic E-state index is 0.295. The zero-order valence-electron chi connectivity index (χ0n) is 14.0. The molecule has 3 aromatic heterocycles. The topological polar surface area (TPSA) is 55.6 Å². The molecule has 8 heteroatoms. The van der Waals surface area contributed by atoms with Gasteiger partial charge in [0.15, 0.2) is 0 Å². The first-order valence-electron chi connectivity index (χ1n) is 8.15.